The van der Waals surface area contributed by atoms with Gasteiger partial charge in [-0.15, -0.1) is 10.2 Å². The van der Waals surface area contributed by atoms with Crippen LogP contribution < -0.4 is 0 Å². The summed E-state index contributed by atoms with van der Waals surface area (Å²) in [6.07, 6.45) is 8.82. The molecule has 4 heterocycles. The molecule has 0 saturated heterocycles. The molecule has 0 atom stereocenters. The average Bonchev–Trinajstić information content (AvgIpc) is 3.39. The van der Waals surface area contributed by atoms with E-state index < -0.39 is 0 Å². The van der Waals surface area contributed by atoms with Gasteiger partial charge in [0.25, 0.3) is 0 Å². The Kier molecular flexibility index (Phi) is 3.43. The third-order valence-corrected chi connectivity index (χ3v) is 5.54. The van der Waals surface area contributed by atoms with Crippen LogP contribution in [-0.2, 0) is 19.4 Å². The molecule has 0 spiro atoms. The predicted octanol–water partition coefficient (Wildman–Crippen LogP) is 3.44. The highest BCUT2D eigenvalue weighted by molar-refractivity contribution is 5.64. The summed E-state index contributed by atoms with van der Waals surface area (Å²) in [5.74, 6) is 1.82. The van der Waals surface area contributed by atoms with Crippen molar-refractivity contribution >= 4 is 0 Å². The van der Waals surface area contributed by atoms with E-state index in [1.54, 1.807) is 0 Å². The van der Waals surface area contributed by atoms with Gasteiger partial charge in [-0.25, -0.2) is 0 Å². The fourth-order valence-electron chi connectivity index (χ4n) is 4.31. The maximum absolute atomic E-state index is 4.99. The highest BCUT2D eigenvalue weighted by atomic mass is 15.4. The van der Waals surface area contributed by atoms with Crippen LogP contribution in [-0.4, -0.2) is 29.5 Å². The lowest BCUT2D eigenvalue weighted by atomic mass is 10.0. The summed E-state index contributed by atoms with van der Waals surface area (Å²) in [4.78, 5) is 4.46. The van der Waals surface area contributed by atoms with Gasteiger partial charge >= 0.3 is 0 Å². The van der Waals surface area contributed by atoms with Gasteiger partial charge in [0.1, 0.15) is 11.4 Å². The predicted molar refractivity (Wildman–Crippen MR) is 95.1 cm³/mol. The first-order valence-corrected chi connectivity index (χ1v) is 9.32. The molecule has 0 radical (unpaired) electrons. The van der Waals surface area contributed by atoms with Crippen molar-refractivity contribution in [1.82, 2.24) is 29.5 Å². The van der Waals surface area contributed by atoms with Crippen molar-refractivity contribution in [2.24, 2.45) is 0 Å². The minimum atomic E-state index is 0.510. The van der Waals surface area contributed by atoms with Crippen molar-refractivity contribution in [1.29, 1.82) is 0 Å². The molecule has 3 aromatic rings. The lowest BCUT2D eigenvalue weighted by molar-refractivity contribution is 0.464. The number of rotatable bonds is 3. The van der Waals surface area contributed by atoms with Crippen molar-refractivity contribution in [2.75, 3.05) is 0 Å². The highest BCUT2D eigenvalue weighted by Gasteiger charge is 2.32. The molecule has 6 nitrogen and oxygen atoms in total. The smallest absolute Gasteiger partial charge is 0.182 e. The first-order valence-electron chi connectivity index (χ1n) is 9.32. The van der Waals surface area contributed by atoms with E-state index in [9.17, 15) is 0 Å². The first-order chi connectivity index (χ1) is 12.4. The van der Waals surface area contributed by atoms with Crippen LogP contribution in [0, 0.1) is 0 Å². The van der Waals surface area contributed by atoms with Crippen molar-refractivity contribution < 1.29 is 0 Å². The largest absolute Gasteiger partial charge is 0.304 e. The third kappa shape index (κ3) is 2.23. The second kappa shape index (κ2) is 5.79. The van der Waals surface area contributed by atoms with E-state index in [2.05, 4.69) is 31.4 Å². The lowest BCUT2D eigenvalue weighted by Crippen LogP contribution is -2.16. The highest BCUT2D eigenvalue weighted by Crippen LogP contribution is 2.38. The second-order valence-electron chi connectivity index (χ2n) is 6.97. The minimum Gasteiger partial charge on any atom is -0.304 e. The molecule has 1 aliphatic heterocycles. The van der Waals surface area contributed by atoms with Crippen molar-refractivity contribution in [3.8, 4) is 23.0 Å². The van der Waals surface area contributed by atoms with Crippen molar-refractivity contribution in [3.05, 3.63) is 35.7 Å². The van der Waals surface area contributed by atoms with Gasteiger partial charge < -0.3 is 4.57 Å². The van der Waals surface area contributed by atoms with Crippen LogP contribution in [0.4, 0.5) is 0 Å². The van der Waals surface area contributed by atoms with Gasteiger partial charge in [-0.2, -0.15) is 5.10 Å². The van der Waals surface area contributed by atoms with Crippen LogP contribution in [0.3, 0.4) is 0 Å². The quantitative estimate of drug-likeness (QED) is 0.736. The van der Waals surface area contributed by atoms with Crippen LogP contribution in [0.5, 0.6) is 0 Å². The van der Waals surface area contributed by atoms with E-state index in [0.717, 1.165) is 36.7 Å². The number of nitrogens with zero attached hydrogens (tertiary/aromatic N) is 6. The van der Waals surface area contributed by atoms with Crippen LogP contribution in [0.2, 0.25) is 0 Å². The van der Waals surface area contributed by atoms with E-state index in [-0.39, 0.29) is 0 Å². The van der Waals surface area contributed by atoms with Crippen molar-refractivity contribution in [3.63, 3.8) is 0 Å². The molecule has 0 bridgehead atoms. The van der Waals surface area contributed by atoms with Gasteiger partial charge in [-0.1, -0.05) is 25.8 Å². The Labute approximate surface area is 146 Å². The van der Waals surface area contributed by atoms with Gasteiger partial charge in [0.2, 0.25) is 0 Å². The molecule has 128 valence electrons. The van der Waals surface area contributed by atoms with Crippen LogP contribution in [0.1, 0.15) is 49.9 Å². The van der Waals surface area contributed by atoms with Crippen molar-refractivity contribution in [2.45, 2.75) is 58.0 Å². The van der Waals surface area contributed by atoms with E-state index in [4.69, 9.17) is 5.10 Å². The normalized spacial score (nSPS) is 16.8. The maximum Gasteiger partial charge on any atom is 0.182 e. The molecule has 0 amide bonds. The number of hydrogen-bond acceptors (Lipinski definition) is 4. The summed E-state index contributed by atoms with van der Waals surface area (Å²) in [7, 11) is 0. The van der Waals surface area contributed by atoms with E-state index in [1.807, 2.05) is 24.4 Å². The number of fused-ring (bicyclic) bond motifs is 3. The molecule has 1 saturated carbocycles. The summed E-state index contributed by atoms with van der Waals surface area (Å²) >= 11 is 0. The molecule has 0 unspecified atom stereocenters. The Balaban J connectivity index is 1.68. The van der Waals surface area contributed by atoms with E-state index in [1.165, 1.54) is 42.6 Å². The van der Waals surface area contributed by atoms with Gasteiger partial charge in [-0.3, -0.25) is 9.67 Å². The van der Waals surface area contributed by atoms with Crippen LogP contribution in [0.15, 0.2) is 24.4 Å². The molecule has 6 heteroatoms. The Bertz CT molecular complexity index is 902. The molecular weight excluding hydrogens is 312 g/mol. The lowest BCUT2D eigenvalue weighted by Gasteiger charge is -2.20. The van der Waals surface area contributed by atoms with Crippen LogP contribution in [0.25, 0.3) is 23.0 Å². The Morgan fingerprint density at radius 1 is 1.12 bits per heavy atom. The number of pyridine rings is 1. The molecule has 0 N–H and O–H groups in total. The van der Waals surface area contributed by atoms with E-state index in [0.29, 0.717) is 6.04 Å². The van der Waals surface area contributed by atoms with Gasteiger partial charge in [0, 0.05) is 18.3 Å². The minimum absolute atomic E-state index is 0.510. The zero-order valence-corrected chi connectivity index (χ0v) is 14.5. The summed E-state index contributed by atoms with van der Waals surface area (Å²) in [6.45, 7) is 3.09. The number of hydrogen-bond donors (Lipinski definition) is 0. The van der Waals surface area contributed by atoms with Gasteiger partial charge in [-0.05, 0) is 37.8 Å². The second-order valence-corrected chi connectivity index (χ2v) is 6.97. The monoisotopic (exact) mass is 334 g/mol. The van der Waals surface area contributed by atoms with E-state index >= 15 is 0 Å². The topological polar surface area (TPSA) is 61.4 Å². The standard InChI is InChI=1S/C19H22N6/c1-2-15-14-10-12-24-18(16-9-5-6-11-20-16)21-22-19(24)17(14)25(23-15)13-7-3-4-8-13/h5-6,9,11,13H,2-4,7-8,10,12H2,1H3. The SMILES string of the molecule is CCc1nn(C2CCCC2)c2c1CCn1c(-c3ccccn3)nnc1-2. The molecule has 5 rings (SSSR count). The fourth-order valence-corrected chi connectivity index (χ4v) is 4.31. The first kappa shape index (κ1) is 14.8. The fraction of sp³-hybridized carbons (Fsp3) is 0.474. The summed E-state index contributed by atoms with van der Waals surface area (Å²) in [6, 6.07) is 6.43. The molecule has 2 aliphatic rings. The number of aromatic nitrogens is 6. The number of aryl methyl sites for hydroxylation is 1. The summed E-state index contributed by atoms with van der Waals surface area (Å²) in [5.41, 5.74) is 4.69. The zero-order chi connectivity index (χ0) is 16.8. The summed E-state index contributed by atoms with van der Waals surface area (Å²) in [5, 5.41) is 14.0. The Morgan fingerprint density at radius 3 is 2.72 bits per heavy atom. The zero-order valence-electron chi connectivity index (χ0n) is 14.5. The van der Waals surface area contributed by atoms with Gasteiger partial charge in [0.15, 0.2) is 11.6 Å². The third-order valence-electron chi connectivity index (χ3n) is 5.54. The summed E-state index contributed by atoms with van der Waals surface area (Å²) < 4.78 is 4.49. The molecule has 1 aliphatic carbocycles. The molecule has 0 aromatic carbocycles. The molecule has 25 heavy (non-hydrogen) atoms. The Hall–Kier alpha value is -2.50. The van der Waals surface area contributed by atoms with Crippen LogP contribution >= 0.6 is 0 Å². The molecule has 3 aromatic heterocycles. The average molecular weight is 334 g/mol. The van der Waals surface area contributed by atoms with Gasteiger partial charge in [0.05, 0.1) is 11.7 Å². The Morgan fingerprint density at radius 2 is 1.96 bits per heavy atom. The molecular formula is C19H22N6. The maximum atomic E-state index is 4.99. The molecule has 1 fully saturated rings.